The van der Waals surface area contributed by atoms with Gasteiger partial charge in [-0.3, -0.25) is 14.9 Å². The summed E-state index contributed by atoms with van der Waals surface area (Å²) in [6, 6.07) is 4.96. The summed E-state index contributed by atoms with van der Waals surface area (Å²) < 4.78 is 0. The van der Waals surface area contributed by atoms with Crippen LogP contribution < -0.4 is 0 Å². The Kier molecular flexibility index (Phi) is 3.60. The number of hydrogen-bond acceptors (Lipinski definition) is 3. The van der Waals surface area contributed by atoms with Crippen molar-refractivity contribution in [2.45, 2.75) is 26.2 Å². The van der Waals surface area contributed by atoms with E-state index in [0.717, 1.165) is 0 Å². The number of carboxylic acid groups (broad SMARTS) is 1. The van der Waals surface area contributed by atoms with E-state index < -0.39 is 10.9 Å². The first-order valence-corrected chi connectivity index (χ1v) is 4.89. The predicted octanol–water partition coefficient (Wildman–Crippen LogP) is 2.48. The minimum absolute atomic E-state index is 0.0243. The number of aryl methyl sites for hydroxylation is 1. The molecule has 1 aromatic rings. The maximum absolute atomic E-state index is 10.9. The van der Waals surface area contributed by atoms with E-state index in [1.165, 1.54) is 0 Å². The van der Waals surface area contributed by atoms with Crippen molar-refractivity contribution in [1.29, 1.82) is 0 Å². The van der Waals surface area contributed by atoms with Crippen molar-refractivity contribution in [1.82, 2.24) is 0 Å². The summed E-state index contributed by atoms with van der Waals surface area (Å²) in [5, 5.41) is 19.6. The van der Waals surface area contributed by atoms with Gasteiger partial charge in [-0.2, -0.15) is 0 Å². The second kappa shape index (κ2) is 4.74. The Hall–Kier alpha value is -1.91. The lowest BCUT2D eigenvalue weighted by molar-refractivity contribution is -0.386. The number of hydrogen-bond donors (Lipinski definition) is 1. The van der Waals surface area contributed by atoms with Gasteiger partial charge >= 0.3 is 5.97 Å². The third-order valence-electron chi connectivity index (χ3n) is 2.46. The number of nitro benzene ring substituents is 1. The summed E-state index contributed by atoms with van der Waals surface area (Å²) in [4.78, 5) is 21.0. The molecule has 5 heteroatoms. The van der Waals surface area contributed by atoms with Crippen LogP contribution in [0.4, 0.5) is 5.69 Å². The molecule has 0 heterocycles. The fourth-order valence-corrected chi connectivity index (χ4v) is 1.70. The van der Waals surface area contributed by atoms with Gasteiger partial charge in [0.2, 0.25) is 0 Å². The number of carboxylic acids is 1. The van der Waals surface area contributed by atoms with E-state index in [0.29, 0.717) is 11.1 Å². The lowest BCUT2D eigenvalue weighted by Gasteiger charge is -2.10. The van der Waals surface area contributed by atoms with Crippen molar-refractivity contribution in [2.24, 2.45) is 0 Å². The minimum atomic E-state index is -0.955. The molecule has 0 saturated carbocycles. The Balaban J connectivity index is 3.17. The molecular formula is C11H13NO4. The van der Waals surface area contributed by atoms with Crippen molar-refractivity contribution in [3.05, 3.63) is 39.4 Å². The first kappa shape index (κ1) is 12.2. The second-order valence-corrected chi connectivity index (χ2v) is 3.77. The molecule has 0 fully saturated rings. The number of para-hydroxylation sites is 1. The number of carbonyl (C=O) groups is 1. The van der Waals surface area contributed by atoms with Crippen molar-refractivity contribution < 1.29 is 14.8 Å². The van der Waals surface area contributed by atoms with E-state index >= 15 is 0 Å². The fourth-order valence-electron chi connectivity index (χ4n) is 1.70. The minimum Gasteiger partial charge on any atom is -0.481 e. The highest BCUT2D eigenvalue weighted by atomic mass is 16.6. The predicted molar refractivity (Wildman–Crippen MR) is 58.5 cm³/mol. The zero-order valence-electron chi connectivity index (χ0n) is 9.14. The zero-order valence-corrected chi connectivity index (χ0v) is 9.14. The Morgan fingerprint density at radius 1 is 1.56 bits per heavy atom. The van der Waals surface area contributed by atoms with Crippen LogP contribution in [-0.4, -0.2) is 16.0 Å². The molecule has 5 nitrogen and oxygen atoms in total. The Bertz CT molecular complexity index is 428. The molecule has 1 atom stereocenters. The summed E-state index contributed by atoms with van der Waals surface area (Å²) in [6.07, 6.45) is -0.107. The van der Waals surface area contributed by atoms with Crippen LogP contribution in [0.3, 0.4) is 0 Å². The molecule has 0 aliphatic carbocycles. The van der Waals surface area contributed by atoms with Crippen molar-refractivity contribution in [2.75, 3.05) is 0 Å². The number of nitrogens with zero attached hydrogens (tertiary/aromatic N) is 1. The van der Waals surface area contributed by atoms with Crippen LogP contribution in [-0.2, 0) is 4.79 Å². The molecule has 0 bridgehead atoms. The Labute approximate surface area is 92.9 Å². The molecule has 1 unspecified atom stereocenters. The van der Waals surface area contributed by atoms with Crippen molar-refractivity contribution in [3.8, 4) is 0 Å². The lowest BCUT2D eigenvalue weighted by Crippen LogP contribution is -2.06. The first-order chi connectivity index (χ1) is 7.43. The lowest BCUT2D eigenvalue weighted by atomic mass is 9.94. The van der Waals surface area contributed by atoms with Gasteiger partial charge in [-0.1, -0.05) is 25.1 Å². The van der Waals surface area contributed by atoms with Gasteiger partial charge in [0.05, 0.1) is 11.3 Å². The molecule has 0 aliphatic heterocycles. The molecule has 1 aromatic carbocycles. The molecule has 0 saturated heterocycles. The topological polar surface area (TPSA) is 80.4 Å². The van der Waals surface area contributed by atoms with Gasteiger partial charge < -0.3 is 5.11 Å². The molecule has 0 spiro atoms. The van der Waals surface area contributed by atoms with E-state index in [9.17, 15) is 14.9 Å². The highest BCUT2D eigenvalue weighted by Crippen LogP contribution is 2.31. The van der Waals surface area contributed by atoms with E-state index in [1.54, 1.807) is 32.0 Å². The van der Waals surface area contributed by atoms with Gasteiger partial charge in [-0.25, -0.2) is 0 Å². The van der Waals surface area contributed by atoms with E-state index in [2.05, 4.69) is 0 Å². The second-order valence-electron chi connectivity index (χ2n) is 3.77. The molecule has 1 rings (SSSR count). The SMILES string of the molecule is Cc1cccc(C(C)CC(=O)O)c1[N+](=O)[O-]. The molecule has 16 heavy (non-hydrogen) atoms. The van der Waals surface area contributed by atoms with E-state index in [4.69, 9.17) is 5.11 Å². The Morgan fingerprint density at radius 2 is 2.19 bits per heavy atom. The highest BCUT2D eigenvalue weighted by molar-refractivity contribution is 5.68. The van der Waals surface area contributed by atoms with Crippen LogP contribution in [0.5, 0.6) is 0 Å². The van der Waals surface area contributed by atoms with Crippen LogP contribution in [0.2, 0.25) is 0 Å². The maximum atomic E-state index is 10.9. The largest absolute Gasteiger partial charge is 0.481 e. The van der Waals surface area contributed by atoms with Crippen LogP contribution in [0, 0.1) is 17.0 Å². The highest BCUT2D eigenvalue weighted by Gasteiger charge is 2.22. The molecule has 0 aromatic heterocycles. The van der Waals surface area contributed by atoms with Crippen molar-refractivity contribution >= 4 is 11.7 Å². The van der Waals surface area contributed by atoms with Gasteiger partial charge in [0.15, 0.2) is 0 Å². The van der Waals surface area contributed by atoms with Gasteiger partial charge in [-0.15, -0.1) is 0 Å². The molecule has 0 radical (unpaired) electrons. The summed E-state index contributed by atoms with van der Waals surface area (Å²) in [5.74, 6) is -1.32. The monoisotopic (exact) mass is 223 g/mol. The molecule has 0 amide bonds. The van der Waals surface area contributed by atoms with E-state index in [1.807, 2.05) is 0 Å². The average molecular weight is 223 g/mol. The van der Waals surface area contributed by atoms with Gasteiger partial charge in [0.1, 0.15) is 0 Å². The van der Waals surface area contributed by atoms with Crippen molar-refractivity contribution in [3.63, 3.8) is 0 Å². The number of rotatable bonds is 4. The smallest absolute Gasteiger partial charge is 0.303 e. The summed E-state index contributed by atoms with van der Waals surface area (Å²) in [7, 11) is 0. The standard InChI is InChI=1S/C11H13NO4/c1-7-4-3-5-9(11(7)12(15)16)8(2)6-10(13)14/h3-5,8H,6H2,1-2H3,(H,13,14). The molecule has 1 N–H and O–H groups in total. The summed E-state index contributed by atoms with van der Waals surface area (Å²) >= 11 is 0. The number of aliphatic carboxylic acids is 1. The van der Waals surface area contributed by atoms with Crippen LogP contribution in [0.1, 0.15) is 30.4 Å². The first-order valence-electron chi connectivity index (χ1n) is 4.89. The maximum Gasteiger partial charge on any atom is 0.303 e. The normalized spacial score (nSPS) is 12.1. The van der Waals surface area contributed by atoms with E-state index in [-0.39, 0.29) is 18.0 Å². The number of nitro groups is 1. The van der Waals surface area contributed by atoms with Gasteiger partial charge in [0, 0.05) is 11.1 Å². The van der Waals surface area contributed by atoms with Gasteiger partial charge in [-0.05, 0) is 12.8 Å². The van der Waals surface area contributed by atoms with Crippen LogP contribution in [0.25, 0.3) is 0 Å². The average Bonchev–Trinajstić information content (AvgIpc) is 2.15. The summed E-state index contributed by atoms with van der Waals surface area (Å²) in [5.41, 5.74) is 1.06. The zero-order chi connectivity index (χ0) is 12.3. The number of benzene rings is 1. The van der Waals surface area contributed by atoms with Crippen LogP contribution in [0.15, 0.2) is 18.2 Å². The Morgan fingerprint density at radius 3 is 2.69 bits per heavy atom. The quantitative estimate of drug-likeness (QED) is 0.628. The molecular weight excluding hydrogens is 210 g/mol. The third-order valence-corrected chi connectivity index (χ3v) is 2.46. The van der Waals surface area contributed by atoms with Crippen LogP contribution >= 0.6 is 0 Å². The fraction of sp³-hybridized carbons (Fsp3) is 0.364. The van der Waals surface area contributed by atoms with Gasteiger partial charge in [0.25, 0.3) is 5.69 Å². The molecule has 86 valence electrons. The summed E-state index contributed by atoms with van der Waals surface area (Å²) in [6.45, 7) is 3.32. The third kappa shape index (κ3) is 2.56. The molecule has 0 aliphatic rings.